The van der Waals surface area contributed by atoms with Gasteiger partial charge in [-0.05, 0) is 54.3 Å². The van der Waals surface area contributed by atoms with Crippen molar-refractivity contribution in [1.82, 2.24) is 0 Å². The number of rotatable bonds is 7. The van der Waals surface area contributed by atoms with Gasteiger partial charge in [-0.1, -0.05) is 37.6 Å². The van der Waals surface area contributed by atoms with E-state index < -0.39 is 5.91 Å². The van der Waals surface area contributed by atoms with E-state index in [0.717, 1.165) is 5.56 Å². The first-order chi connectivity index (χ1) is 13.3. The summed E-state index contributed by atoms with van der Waals surface area (Å²) in [6.07, 6.45) is 1.50. The lowest BCUT2D eigenvalue weighted by molar-refractivity contribution is -0.112. The van der Waals surface area contributed by atoms with Crippen LogP contribution in [0, 0.1) is 24.2 Å². The van der Waals surface area contributed by atoms with Crippen molar-refractivity contribution >= 4 is 29.3 Å². The van der Waals surface area contributed by atoms with Gasteiger partial charge >= 0.3 is 0 Å². The predicted molar refractivity (Wildman–Crippen MR) is 112 cm³/mol. The summed E-state index contributed by atoms with van der Waals surface area (Å²) in [6, 6.07) is 12.4. The fourth-order valence-electron chi connectivity index (χ4n) is 2.40. The van der Waals surface area contributed by atoms with Crippen molar-refractivity contribution in [2.24, 2.45) is 5.92 Å². The van der Waals surface area contributed by atoms with Gasteiger partial charge in [-0.3, -0.25) is 4.79 Å². The van der Waals surface area contributed by atoms with Crippen molar-refractivity contribution in [1.29, 1.82) is 5.26 Å². The van der Waals surface area contributed by atoms with Crippen molar-refractivity contribution in [3.63, 3.8) is 0 Å². The lowest BCUT2D eigenvalue weighted by atomic mass is 10.1. The van der Waals surface area contributed by atoms with Gasteiger partial charge in [0.15, 0.2) is 11.5 Å². The number of methoxy groups -OCH3 is 1. The number of nitrogens with zero attached hydrogens (tertiary/aromatic N) is 1. The molecular weight excluding hydrogens is 376 g/mol. The number of ether oxygens (including phenoxy) is 2. The zero-order chi connectivity index (χ0) is 20.7. The van der Waals surface area contributed by atoms with Crippen molar-refractivity contribution in [3.8, 4) is 17.6 Å². The maximum absolute atomic E-state index is 12.5. The Morgan fingerprint density at radius 2 is 2.04 bits per heavy atom. The molecule has 2 aromatic rings. The predicted octanol–water partition coefficient (Wildman–Crippen LogP) is 5.24. The van der Waals surface area contributed by atoms with Gasteiger partial charge in [-0.15, -0.1) is 0 Å². The molecule has 0 saturated heterocycles. The van der Waals surface area contributed by atoms with Crippen LogP contribution in [0.3, 0.4) is 0 Å². The van der Waals surface area contributed by atoms with Gasteiger partial charge in [0, 0.05) is 10.7 Å². The van der Waals surface area contributed by atoms with Crippen molar-refractivity contribution in [2.45, 2.75) is 20.8 Å². The summed E-state index contributed by atoms with van der Waals surface area (Å²) in [5.74, 6) is 1.03. The molecule has 2 aromatic carbocycles. The van der Waals surface area contributed by atoms with Crippen LogP contribution in [-0.4, -0.2) is 19.6 Å². The summed E-state index contributed by atoms with van der Waals surface area (Å²) in [5, 5.41) is 12.7. The Morgan fingerprint density at radius 1 is 1.29 bits per heavy atom. The lowest BCUT2D eigenvalue weighted by Gasteiger charge is -2.13. The average molecular weight is 399 g/mol. The van der Waals surface area contributed by atoms with E-state index in [1.54, 1.807) is 50.4 Å². The van der Waals surface area contributed by atoms with Crippen molar-refractivity contribution < 1.29 is 14.3 Å². The fraction of sp³-hybridized carbons (Fsp3) is 0.273. The number of hydrogen-bond donors (Lipinski definition) is 1. The van der Waals surface area contributed by atoms with E-state index in [4.69, 9.17) is 21.1 Å². The topological polar surface area (TPSA) is 71.3 Å². The Morgan fingerprint density at radius 3 is 2.68 bits per heavy atom. The molecule has 2 rings (SSSR count). The van der Waals surface area contributed by atoms with Gasteiger partial charge in [0.25, 0.3) is 5.91 Å². The molecule has 6 heteroatoms. The molecule has 0 atom stereocenters. The maximum atomic E-state index is 12.5. The number of benzene rings is 2. The van der Waals surface area contributed by atoms with Crippen molar-refractivity contribution in [2.75, 3.05) is 19.0 Å². The number of nitriles is 1. The number of hydrogen-bond acceptors (Lipinski definition) is 4. The van der Waals surface area contributed by atoms with Gasteiger partial charge in [-0.2, -0.15) is 5.26 Å². The SMILES string of the molecule is COc1cc(/C=C(\C#N)C(=O)Nc2cccc(Cl)c2C)ccc1OCC(C)C. The number of halogens is 1. The van der Waals surface area contributed by atoms with Crippen LogP contribution in [0.2, 0.25) is 5.02 Å². The first-order valence-corrected chi connectivity index (χ1v) is 9.22. The highest BCUT2D eigenvalue weighted by molar-refractivity contribution is 6.31. The minimum Gasteiger partial charge on any atom is -0.493 e. The molecule has 1 amide bonds. The largest absolute Gasteiger partial charge is 0.493 e. The minimum absolute atomic E-state index is 0.0303. The standard InChI is InChI=1S/C22H23ClN2O3/c1-14(2)13-28-20-9-8-16(11-21(20)27-4)10-17(12-24)22(26)25-19-7-5-6-18(23)15(19)3/h5-11,14H,13H2,1-4H3,(H,25,26)/b17-10+. The Bertz CT molecular complexity index is 930. The van der Waals surface area contributed by atoms with Gasteiger partial charge in [-0.25, -0.2) is 0 Å². The summed E-state index contributed by atoms with van der Waals surface area (Å²) >= 11 is 6.08. The van der Waals surface area contributed by atoms with Crippen LogP contribution in [0.15, 0.2) is 42.0 Å². The quantitative estimate of drug-likeness (QED) is 0.511. The fourth-order valence-corrected chi connectivity index (χ4v) is 2.57. The van der Waals surface area contributed by atoms with E-state index in [9.17, 15) is 10.1 Å². The molecule has 0 aliphatic rings. The molecule has 0 heterocycles. The third-order valence-electron chi connectivity index (χ3n) is 3.95. The Labute approximate surface area is 170 Å². The van der Waals surface area contributed by atoms with E-state index in [1.165, 1.54) is 6.08 Å². The molecule has 0 bridgehead atoms. The number of carbonyl (C=O) groups excluding carboxylic acids is 1. The number of nitrogens with one attached hydrogen (secondary N) is 1. The van der Waals surface area contributed by atoms with Crippen LogP contribution < -0.4 is 14.8 Å². The highest BCUT2D eigenvalue weighted by Crippen LogP contribution is 2.29. The van der Waals surface area contributed by atoms with Gasteiger partial charge in [0.2, 0.25) is 0 Å². The van der Waals surface area contributed by atoms with Gasteiger partial charge < -0.3 is 14.8 Å². The van der Waals surface area contributed by atoms with E-state index in [-0.39, 0.29) is 5.57 Å². The molecule has 0 spiro atoms. The number of amides is 1. The van der Waals surface area contributed by atoms with Gasteiger partial charge in [0.05, 0.1) is 13.7 Å². The van der Waals surface area contributed by atoms with E-state index >= 15 is 0 Å². The molecule has 0 aliphatic heterocycles. The average Bonchev–Trinajstić information content (AvgIpc) is 2.68. The molecule has 1 N–H and O–H groups in total. The third kappa shape index (κ3) is 5.51. The zero-order valence-electron chi connectivity index (χ0n) is 16.4. The highest BCUT2D eigenvalue weighted by Gasteiger charge is 2.13. The van der Waals surface area contributed by atoms with Crippen LogP contribution in [0.1, 0.15) is 25.0 Å². The second kappa shape index (κ2) is 9.82. The molecule has 0 fully saturated rings. The lowest BCUT2D eigenvalue weighted by Crippen LogP contribution is -2.14. The third-order valence-corrected chi connectivity index (χ3v) is 4.36. The summed E-state index contributed by atoms with van der Waals surface area (Å²) < 4.78 is 11.1. The van der Waals surface area contributed by atoms with E-state index in [2.05, 4.69) is 19.2 Å². The molecule has 0 aliphatic carbocycles. The second-order valence-corrected chi connectivity index (χ2v) is 7.06. The number of carbonyl (C=O) groups is 1. The maximum Gasteiger partial charge on any atom is 0.266 e. The Balaban J connectivity index is 2.24. The molecule has 0 aromatic heterocycles. The van der Waals surface area contributed by atoms with E-state index in [0.29, 0.717) is 40.3 Å². The van der Waals surface area contributed by atoms with Crippen LogP contribution in [0.4, 0.5) is 5.69 Å². The zero-order valence-corrected chi connectivity index (χ0v) is 17.1. The highest BCUT2D eigenvalue weighted by atomic mass is 35.5. The van der Waals surface area contributed by atoms with Crippen LogP contribution in [-0.2, 0) is 4.79 Å². The smallest absolute Gasteiger partial charge is 0.266 e. The molecular formula is C22H23ClN2O3. The Kier molecular flexibility index (Phi) is 7.48. The molecule has 0 unspecified atom stereocenters. The Hall–Kier alpha value is -2.97. The minimum atomic E-state index is -0.507. The summed E-state index contributed by atoms with van der Waals surface area (Å²) in [6.45, 7) is 6.48. The first kappa shape index (κ1) is 21.3. The summed E-state index contributed by atoms with van der Waals surface area (Å²) in [5.41, 5.74) is 1.93. The molecule has 5 nitrogen and oxygen atoms in total. The summed E-state index contributed by atoms with van der Waals surface area (Å²) in [4.78, 5) is 12.5. The van der Waals surface area contributed by atoms with Crippen LogP contribution in [0.5, 0.6) is 11.5 Å². The molecule has 0 saturated carbocycles. The van der Waals surface area contributed by atoms with Gasteiger partial charge in [0.1, 0.15) is 11.6 Å². The monoisotopic (exact) mass is 398 g/mol. The van der Waals surface area contributed by atoms with Crippen LogP contribution >= 0.6 is 11.6 Å². The molecule has 146 valence electrons. The molecule has 0 radical (unpaired) electrons. The first-order valence-electron chi connectivity index (χ1n) is 8.84. The number of anilines is 1. The normalized spacial score (nSPS) is 11.1. The second-order valence-electron chi connectivity index (χ2n) is 6.65. The van der Waals surface area contributed by atoms with Crippen molar-refractivity contribution in [3.05, 3.63) is 58.1 Å². The molecule has 28 heavy (non-hydrogen) atoms. The van der Waals surface area contributed by atoms with E-state index in [1.807, 2.05) is 6.07 Å². The summed E-state index contributed by atoms with van der Waals surface area (Å²) in [7, 11) is 1.55. The van der Waals surface area contributed by atoms with Crippen LogP contribution in [0.25, 0.3) is 6.08 Å².